The van der Waals surface area contributed by atoms with Crippen molar-refractivity contribution in [2.75, 3.05) is 10.6 Å². The highest BCUT2D eigenvalue weighted by atomic mass is 35.5. The third-order valence-electron chi connectivity index (χ3n) is 5.33. The first-order chi connectivity index (χ1) is 11.4. The van der Waals surface area contributed by atoms with E-state index in [1.807, 2.05) is 0 Å². The van der Waals surface area contributed by atoms with Crippen LogP contribution in [-0.4, -0.2) is 17.9 Å². The second kappa shape index (κ2) is 8.15. The average molecular weight is 370 g/mol. The molecule has 1 aromatic carbocycles. The fourth-order valence-corrected chi connectivity index (χ4v) is 4.14. The van der Waals surface area contributed by atoms with Crippen LogP contribution in [0.2, 0.25) is 0 Å². The van der Waals surface area contributed by atoms with Crippen molar-refractivity contribution >= 4 is 35.6 Å². The van der Waals surface area contributed by atoms with E-state index in [1.54, 1.807) is 0 Å². The zero-order valence-electron chi connectivity index (χ0n) is 14.3. The van der Waals surface area contributed by atoms with Gasteiger partial charge in [-0.1, -0.05) is 6.42 Å². The first-order valence-electron chi connectivity index (χ1n) is 8.57. The lowest BCUT2D eigenvalue weighted by Crippen LogP contribution is -2.48. The smallest absolute Gasteiger partial charge is 0.227 e. The molecule has 0 aliphatic heterocycles. The molecular weight excluding hydrogens is 345 g/mol. The lowest BCUT2D eigenvalue weighted by atomic mass is 9.65. The van der Waals surface area contributed by atoms with Crippen molar-refractivity contribution < 1.29 is 14.0 Å². The van der Waals surface area contributed by atoms with Crippen LogP contribution in [-0.2, 0) is 9.59 Å². The van der Waals surface area contributed by atoms with Crippen molar-refractivity contribution in [2.45, 2.75) is 45.1 Å². The highest BCUT2D eigenvalue weighted by molar-refractivity contribution is 5.94. The monoisotopic (exact) mass is 369 g/mol. The Labute approximate surface area is 153 Å². The molecule has 2 aliphatic carbocycles. The fraction of sp³-hybridized carbons (Fsp3) is 0.556. The first kappa shape index (κ1) is 19.7. The van der Waals surface area contributed by atoms with Gasteiger partial charge in [0.2, 0.25) is 11.8 Å². The molecule has 4 N–H and O–H groups in total. The molecule has 0 spiro atoms. The van der Waals surface area contributed by atoms with E-state index >= 15 is 0 Å². The Morgan fingerprint density at radius 2 is 1.80 bits per heavy atom. The molecule has 2 amide bonds. The number of fused-ring (bicyclic) bond motifs is 2. The summed E-state index contributed by atoms with van der Waals surface area (Å²) in [5.41, 5.74) is 6.82. The summed E-state index contributed by atoms with van der Waals surface area (Å²) in [6.45, 7) is 1.38. The summed E-state index contributed by atoms with van der Waals surface area (Å²) in [5.74, 6) is -0.243. The van der Waals surface area contributed by atoms with Crippen LogP contribution in [0.15, 0.2) is 18.2 Å². The number of carbonyl (C=O) groups excluding carboxylic acids is 2. The van der Waals surface area contributed by atoms with Gasteiger partial charge in [0.05, 0.1) is 5.69 Å². The van der Waals surface area contributed by atoms with E-state index < -0.39 is 5.82 Å². The van der Waals surface area contributed by atoms with Gasteiger partial charge in [-0.2, -0.15) is 0 Å². The predicted molar refractivity (Wildman–Crippen MR) is 98.1 cm³/mol. The second-order valence-corrected chi connectivity index (χ2v) is 7.06. The number of halogens is 2. The van der Waals surface area contributed by atoms with Crippen LogP contribution in [0.1, 0.15) is 39.0 Å². The maximum atomic E-state index is 14.0. The summed E-state index contributed by atoms with van der Waals surface area (Å²) in [6, 6.07) is 4.36. The van der Waals surface area contributed by atoms with Crippen molar-refractivity contribution in [1.29, 1.82) is 0 Å². The van der Waals surface area contributed by atoms with Crippen LogP contribution < -0.4 is 16.4 Å². The minimum Gasteiger partial charge on any atom is -0.327 e. The third kappa shape index (κ3) is 4.50. The SMILES string of the molecule is CC(=O)Nc1ccc(F)c(NC(=O)C2CC3CCCC(C2)C3N)c1.Cl. The Bertz CT molecular complexity index is 641. The van der Waals surface area contributed by atoms with Crippen LogP contribution in [0, 0.1) is 23.6 Å². The van der Waals surface area contributed by atoms with Crippen LogP contribution in [0.3, 0.4) is 0 Å². The number of amides is 2. The van der Waals surface area contributed by atoms with Crippen molar-refractivity contribution in [3.63, 3.8) is 0 Å². The molecule has 2 unspecified atom stereocenters. The molecule has 0 saturated heterocycles. The molecule has 0 aromatic heterocycles. The largest absolute Gasteiger partial charge is 0.327 e. The Morgan fingerprint density at radius 3 is 2.40 bits per heavy atom. The van der Waals surface area contributed by atoms with Crippen LogP contribution in [0.25, 0.3) is 0 Å². The molecule has 7 heteroatoms. The van der Waals surface area contributed by atoms with Crippen molar-refractivity contribution in [2.24, 2.45) is 23.5 Å². The molecule has 0 heterocycles. The van der Waals surface area contributed by atoms with Crippen LogP contribution in [0.4, 0.5) is 15.8 Å². The zero-order chi connectivity index (χ0) is 17.3. The molecule has 2 fully saturated rings. The zero-order valence-corrected chi connectivity index (χ0v) is 15.1. The molecule has 2 atom stereocenters. The molecule has 3 rings (SSSR count). The fourth-order valence-electron chi connectivity index (χ4n) is 4.14. The Hall–Kier alpha value is -1.66. The standard InChI is InChI=1S/C18H24FN3O2.ClH/c1-10(23)21-14-5-6-15(19)16(9-14)22-18(24)13-7-11-3-2-4-12(8-13)17(11)20;/h5-6,9,11-13,17H,2-4,7-8,20H2,1H3,(H,21,23)(H,22,24);1H. The maximum absolute atomic E-state index is 14.0. The topological polar surface area (TPSA) is 84.2 Å². The van der Waals surface area contributed by atoms with Gasteiger partial charge in [0.1, 0.15) is 5.82 Å². The number of anilines is 2. The first-order valence-corrected chi connectivity index (χ1v) is 8.57. The van der Waals surface area contributed by atoms with Crippen molar-refractivity contribution in [3.05, 3.63) is 24.0 Å². The second-order valence-electron chi connectivity index (χ2n) is 7.06. The van der Waals surface area contributed by atoms with Gasteiger partial charge >= 0.3 is 0 Å². The molecule has 2 saturated carbocycles. The van der Waals surface area contributed by atoms with E-state index in [2.05, 4.69) is 10.6 Å². The van der Waals surface area contributed by atoms with Crippen LogP contribution in [0.5, 0.6) is 0 Å². The highest BCUT2D eigenvalue weighted by Gasteiger charge is 2.40. The van der Waals surface area contributed by atoms with E-state index in [9.17, 15) is 14.0 Å². The highest BCUT2D eigenvalue weighted by Crippen LogP contribution is 2.42. The summed E-state index contributed by atoms with van der Waals surface area (Å²) in [6.07, 6.45) is 4.89. The summed E-state index contributed by atoms with van der Waals surface area (Å²) in [4.78, 5) is 23.7. The quantitative estimate of drug-likeness (QED) is 0.764. The van der Waals surface area contributed by atoms with Gasteiger partial charge in [-0.3, -0.25) is 9.59 Å². The van der Waals surface area contributed by atoms with Crippen molar-refractivity contribution in [3.8, 4) is 0 Å². The van der Waals surface area contributed by atoms with E-state index in [4.69, 9.17) is 5.73 Å². The van der Waals surface area contributed by atoms with E-state index in [1.165, 1.54) is 31.5 Å². The van der Waals surface area contributed by atoms with Gasteiger partial charge in [-0.25, -0.2) is 4.39 Å². The predicted octanol–water partition coefficient (Wildman–Crippen LogP) is 3.30. The van der Waals surface area contributed by atoms with E-state index in [0.717, 1.165) is 25.7 Å². The Morgan fingerprint density at radius 1 is 1.16 bits per heavy atom. The number of nitrogens with two attached hydrogens (primary N) is 1. The average Bonchev–Trinajstić information content (AvgIpc) is 2.49. The number of benzene rings is 1. The van der Waals surface area contributed by atoms with Gasteiger partial charge in [-0.05, 0) is 55.7 Å². The molecular formula is C18H25ClFN3O2. The minimum absolute atomic E-state index is 0. The van der Waals surface area contributed by atoms with Gasteiger partial charge in [0.15, 0.2) is 0 Å². The molecule has 1 aromatic rings. The summed E-state index contributed by atoms with van der Waals surface area (Å²) >= 11 is 0. The lowest BCUT2D eigenvalue weighted by molar-refractivity contribution is -0.122. The molecule has 0 radical (unpaired) electrons. The van der Waals surface area contributed by atoms with Gasteiger partial charge in [0, 0.05) is 24.6 Å². The van der Waals surface area contributed by atoms with Gasteiger partial charge < -0.3 is 16.4 Å². The number of carbonyl (C=O) groups is 2. The molecule has 2 aliphatic rings. The van der Waals surface area contributed by atoms with Gasteiger partial charge in [0.25, 0.3) is 0 Å². The summed E-state index contributed by atoms with van der Waals surface area (Å²) < 4.78 is 14.0. The Balaban J connectivity index is 0.00000225. The maximum Gasteiger partial charge on any atom is 0.227 e. The summed E-state index contributed by atoms with van der Waals surface area (Å²) in [7, 11) is 0. The van der Waals surface area contributed by atoms with Gasteiger partial charge in [-0.15, -0.1) is 12.4 Å². The minimum atomic E-state index is -0.509. The molecule has 2 bridgehead atoms. The number of rotatable bonds is 3. The summed E-state index contributed by atoms with van der Waals surface area (Å²) in [5, 5.41) is 5.28. The number of nitrogens with one attached hydrogen (secondary N) is 2. The molecule has 5 nitrogen and oxygen atoms in total. The van der Waals surface area contributed by atoms with Crippen LogP contribution >= 0.6 is 12.4 Å². The van der Waals surface area contributed by atoms with E-state index in [0.29, 0.717) is 17.5 Å². The molecule has 25 heavy (non-hydrogen) atoms. The lowest BCUT2D eigenvalue weighted by Gasteiger charge is -2.43. The third-order valence-corrected chi connectivity index (χ3v) is 5.33. The Kier molecular flexibility index (Phi) is 6.41. The number of hydrogen-bond acceptors (Lipinski definition) is 3. The number of hydrogen-bond donors (Lipinski definition) is 3. The normalized spacial score (nSPS) is 27.8. The molecule has 138 valence electrons. The van der Waals surface area contributed by atoms with E-state index in [-0.39, 0.29) is 41.9 Å². The van der Waals surface area contributed by atoms with Crippen molar-refractivity contribution in [1.82, 2.24) is 0 Å².